The van der Waals surface area contributed by atoms with E-state index in [0.29, 0.717) is 27.6 Å². The van der Waals surface area contributed by atoms with Crippen LogP contribution >= 0.6 is 11.3 Å². The molecule has 0 N–H and O–H groups in total. The van der Waals surface area contributed by atoms with E-state index in [1.165, 1.54) is 24.3 Å². The van der Waals surface area contributed by atoms with Gasteiger partial charge in [0.25, 0.3) is 0 Å². The Morgan fingerprint density at radius 3 is 2.38 bits per heavy atom. The van der Waals surface area contributed by atoms with Crippen LogP contribution in [-0.2, 0) is 10.9 Å². The zero-order valence-electron chi connectivity index (χ0n) is 21.0. The van der Waals surface area contributed by atoms with E-state index in [2.05, 4.69) is 5.10 Å². The van der Waals surface area contributed by atoms with Crippen molar-refractivity contribution >= 4 is 33.3 Å². The number of aryl methyl sites for hydroxylation is 2. The Kier molecular flexibility index (Phi) is 6.63. The van der Waals surface area contributed by atoms with Crippen molar-refractivity contribution in [1.82, 2.24) is 14.3 Å². The predicted octanol–water partition coefficient (Wildman–Crippen LogP) is 7.00. The minimum atomic E-state index is -4.50. The molecule has 0 amide bonds. The smallest absolute Gasteiger partial charge is 0.416 e. The molecule has 3 heterocycles. The van der Waals surface area contributed by atoms with E-state index in [4.69, 9.17) is 4.74 Å². The van der Waals surface area contributed by atoms with Gasteiger partial charge in [-0.05, 0) is 75.4 Å². The number of nitrogens with zero attached hydrogens (tertiary/aromatic N) is 3. The van der Waals surface area contributed by atoms with Gasteiger partial charge in [0.15, 0.2) is 6.61 Å². The number of carbonyl (C=O) groups is 2. The Morgan fingerprint density at radius 2 is 1.69 bits per heavy atom. The molecule has 0 aliphatic heterocycles. The summed E-state index contributed by atoms with van der Waals surface area (Å²) in [5.41, 5.74) is 2.01. The van der Waals surface area contributed by atoms with Gasteiger partial charge in [0.1, 0.15) is 15.5 Å². The number of ketones is 1. The maximum absolute atomic E-state index is 13.3. The van der Waals surface area contributed by atoms with E-state index in [0.717, 1.165) is 28.9 Å². The van der Waals surface area contributed by atoms with Crippen LogP contribution < -0.4 is 0 Å². The van der Waals surface area contributed by atoms with Gasteiger partial charge >= 0.3 is 12.1 Å². The lowest BCUT2D eigenvalue weighted by Gasteiger charge is -2.13. The molecule has 5 rings (SSSR count). The third-order valence-corrected chi connectivity index (χ3v) is 7.41. The van der Waals surface area contributed by atoms with Gasteiger partial charge in [-0.25, -0.2) is 13.9 Å². The number of hydrogen-bond donors (Lipinski definition) is 0. The molecular formula is C28H21F4N3O3S. The van der Waals surface area contributed by atoms with Gasteiger partial charge < -0.3 is 9.30 Å². The van der Waals surface area contributed by atoms with Gasteiger partial charge in [-0.2, -0.15) is 18.3 Å². The molecule has 11 heteroatoms. The topological polar surface area (TPSA) is 66.1 Å². The van der Waals surface area contributed by atoms with Crippen molar-refractivity contribution in [3.63, 3.8) is 0 Å². The lowest BCUT2D eigenvalue weighted by Crippen LogP contribution is -2.14. The van der Waals surface area contributed by atoms with E-state index in [-0.39, 0.29) is 21.9 Å². The Bertz CT molecular complexity index is 1730. The van der Waals surface area contributed by atoms with Crippen molar-refractivity contribution in [3.8, 4) is 11.4 Å². The van der Waals surface area contributed by atoms with E-state index in [1.807, 2.05) is 0 Å². The lowest BCUT2D eigenvalue weighted by atomic mass is 10.1. The summed E-state index contributed by atoms with van der Waals surface area (Å²) in [6.45, 7) is 4.55. The first kappa shape index (κ1) is 26.4. The molecule has 200 valence electrons. The van der Waals surface area contributed by atoms with Crippen LogP contribution in [0.25, 0.3) is 21.6 Å². The molecule has 5 aromatic rings. The van der Waals surface area contributed by atoms with Crippen LogP contribution in [0.2, 0.25) is 0 Å². The van der Waals surface area contributed by atoms with Crippen LogP contribution in [0.5, 0.6) is 0 Å². The van der Waals surface area contributed by atoms with Crippen molar-refractivity contribution in [3.05, 3.63) is 99.6 Å². The Labute approximate surface area is 224 Å². The van der Waals surface area contributed by atoms with Crippen LogP contribution in [0.1, 0.15) is 42.7 Å². The van der Waals surface area contributed by atoms with E-state index in [9.17, 15) is 27.2 Å². The highest BCUT2D eigenvalue weighted by molar-refractivity contribution is 7.20. The number of aromatic nitrogens is 3. The third kappa shape index (κ3) is 4.97. The summed E-state index contributed by atoms with van der Waals surface area (Å²) in [7, 11) is 0. The minimum Gasteiger partial charge on any atom is -0.453 e. The average Bonchev–Trinajstić information content (AvgIpc) is 3.55. The first-order valence-corrected chi connectivity index (χ1v) is 12.6. The number of fused-ring (bicyclic) bond motifs is 1. The minimum absolute atomic E-state index is 0.247. The number of benzene rings is 2. The number of halogens is 4. The fraction of sp³-hybridized carbons (Fsp3) is 0.179. The van der Waals surface area contributed by atoms with Crippen molar-refractivity contribution in [2.75, 3.05) is 6.61 Å². The largest absolute Gasteiger partial charge is 0.453 e. The molecule has 2 aromatic carbocycles. The van der Waals surface area contributed by atoms with E-state index >= 15 is 0 Å². The average molecular weight is 556 g/mol. The summed E-state index contributed by atoms with van der Waals surface area (Å²) in [5, 5.41) is 5.19. The molecule has 0 saturated heterocycles. The van der Waals surface area contributed by atoms with Crippen molar-refractivity contribution < 1.29 is 31.9 Å². The van der Waals surface area contributed by atoms with Gasteiger partial charge in [0.05, 0.1) is 16.9 Å². The van der Waals surface area contributed by atoms with Gasteiger partial charge in [-0.1, -0.05) is 6.07 Å². The zero-order chi connectivity index (χ0) is 28.1. The number of alkyl halides is 3. The molecule has 39 heavy (non-hydrogen) atoms. The Balaban J connectivity index is 1.34. The summed E-state index contributed by atoms with van der Waals surface area (Å²) in [6.07, 6.45) is -4.50. The molecule has 0 atom stereocenters. The number of carbonyl (C=O) groups excluding carboxylic acids is 2. The summed E-state index contributed by atoms with van der Waals surface area (Å²) in [6, 6.07) is 13.8. The molecule has 0 unspecified atom stereocenters. The third-order valence-electron chi connectivity index (χ3n) is 6.31. The van der Waals surface area contributed by atoms with Crippen LogP contribution in [-0.4, -0.2) is 32.7 Å². The lowest BCUT2D eigenvalue weighted by molar-refractivity contribution is -0.137. The molecule has 6 nitrogen and oxygen atoms in total. The summed E-state index contributed by atoms with van der Waals surface area (Å²) < 4.78 is 61.4. The molecule has 0 bridgehead atoms. The van der Waals surface area contributed by atoms with Crippen molar-refractivity contribution in [2.45, 2.75) is 26.9 Å². The Hall–Kier alpha value is -4.25. The van der Waals surface area contributed by atoms with Gasteiger partial charge in [-0.3, -0.25) is 4.79 Å². The summed E-state index contributed by atoms with van der Waals surface area (Å²) in [4.78, 5) is 26.7. The zero-order valence-corrected chi connectivity index (χ0v) is 21.8. The normalized spacial score (nSPS) is 11.8. The molecule has 0 radical (unpaired) electrons. The van der Waals surface area contributed by atoms with E-state index < -0.39 is 30.1 Å². The maximum atomic E-state index is 13.3. The summed E-state index contributed by atoms with van der Waals surface area (Å²) >= 11 is 1.13. The fourth-order valence-corrected chi connectivity index (χ4v) is 5.53. The van der Waals surface area contributed by atoms with Crippen molar-refractivity contribution in [1.29, 1.82) is 0 Å². The first-order chi connectivity index (χ1) is 18.4. The maximum Gasteiger partial charge on any atom is 0.416 e. The van der Waals surface area contributed by atoms with Gasteiger partial charge in [0.2, 0.25) is 5.78 Å². The number of thiophene rings is 1. The number of ether oxygens (including phenoxy) is 1. The second kappa shape index (κ2) is 9.81. The highest BCUT2D eigenvalue weighted by Crippen LogP contribution is 2.33. The number of hydrogen-bond acceptors (Lipinski definition) is 5. The molecule has 0 saturated carbocycles. The quantitative estimate of drug-likeness (QED) is 0.129. The predicted molar refractivity (Wildman–Crippen MR) is 138 cm³/mol. The Morgan fingerprint density at radius 1 is 0.974 bits per heavy atom. The second-order valence-corrected chi connectivity index (χ2v) is 10.0. The molecule has 0 fully saturated rings. The van der Waals surface area contributed by atoms with Crippen LogP contribution in [0.15, 0.2) is 60.7 Å². The van der Waals surface area contributed by atoms with Crippen molar-refractivity contribution in [2.24, 2.45) is 0 Å². The van der Waals surface area contributed by atoms with Gasteiger partial charge in [0, 0.05) is 28.0 Å². The molecule has 0 aliphatic rings. The monoisotopic (exact) mass is 555 g/mol. The molecule has 3 aromatic heterocycles. The summed E-state index contributed by atoms with van der Waals surface area (Å²) in [5.74, 6) is -1.56. The standard InChI is InChI=1S/C28H21F4N3O3S/c1-15-11-23(17(3)34(15)21-6-4-5-18(12-21)28(30,31)32)24(36)14-38-27(37)25-13-22-16(2)33-35(26(22)39-25)20-9-7-19(29)8-10-20/h4-13H,14H2,1-3H3. The highest BCUT2D eigenvalue weighted by Gasteiger charge is 2.31. The fourth-order valence-electron chi connectivity index (χ4n) is 4.45. The number of esters is 1. The van der Waals surface area contributed by atoms with Crippen LogP contribution in [0.3, 0.4) is 0 Å². The first-order valence-electron chi connectivity index (χ1n) is 11.8. The SMILES string of the molecule is Cc1nn(-c2ccc(F)cc2)c2sc(C(=O)OCC(=O)c3cc(C)n(-c4cccc(C(F)(F)F)c4)c3C)cc12. The van der Waals surface area contributed by atoms with Gasteiger partial charge in [-0.15, -0.1) is 11.3 Å². The second-order valence-electron chi connectivity index (χ2n) is 8.97. The van der Waals surface area contributed by atoms with E-state index in [1.54, 1.807) is 54.3 Å². The number of Topliss-reactive ketones (excluding diaryl/α,β-unsaturated/α-hetero) is 1. The molecule has 0 spiro atoms. The highest BCUT2D eigenvalue weighted by atomic mass is 32.1. The van der Waals surface area contributed by atoms with Crippen LogP contribution in [0.4, 0.5) is 17.6 Å². The molecule has 0 aliphatic carbocycles. The number of rotatable bonds is 6. The van der Waals surface area contributed by atoms with Crippen LogP contribution in [0, 0.1) is 26.6 Å². The molecular weight excluding hydrogens is 534 g/mol.